The lowest BCUT2D eigenvalue weighted by Gasteiger charge is -2.07. The van der Waals surface area contributed by atoms with E-state index in [1.807, 2.05) is 0 Å². The summed E-state index contributed by atoms with van der Waals surface area (Å²) in [4.78, 5) is 15.8. The molecular weight excluding hydrogens is 395 g/mol. The number of hydrogen-bond acceptors (Lipinski definition) is 4. The summed E-state index contributed by atoms with van der Waals surface area (Å²) in [5.74, 6) is -1.10. The fraction of sp³-hybridized carbons (Fsp3) is 0.0667. The summed E-state index contributed by atoms with van der Waals surface area (Å²) in [7, 11) is -4.15. The Hall–Kier alpha value is -2.59. The van der Waals surface area contributed by atoms with Crippen molar-refractivity contribution in [2.75, 3.05) is 0 Å². The Balaban J connectivity index is 1.96. The number of fused-ring (bicyclic) bond motifs is 1. The molecule has 6 nitrogen and oxygen atoms in total. The van der Waals surface area contributed by atoms with Gasteiger partial charge in [0.1, 0.15) is 5.69 Å². The van der Waals surface area contributed by atoms with Crippen LogP contribution in [0.4, 0.5) is 13.2 Å². The van der Waals surface area contributed by atoms with Gasteiger partial charge in [0.25, 0.3) is 15.9 Å². The second-order valence-corrected chi connectivity index (χ2v) is 7.27. The molecule has 0 radical (unpaired) electrons. The third-order valence-corrected chi connectivity index (χ3v) is 4.97. The molecule has 136 valence electrons. The van der Waals surface area contributed by atoms with Crippen LogP contribution in [-0.2, 0) is 16.2 Å². The highest BCUT2D eigenvalue weighted by Crippen LogP contribution is 2.32. The highest BCUT2D eigenvalue weighted by Gasteiger charge is 2.32. The largest absolute Gasteiger partial charge is 0.417 e. The number of pyridine rings is 1. The molecule has 0 bridgehead atoms. The molecule has 26 heavy (non-hydrogen) atoms. The monoisotopic (exact) mass is 403 g/mol. The van der Waals surface area contributed by atoms with E-state index < -0.39 is 33.4 Å². The number of halogens is 4. The van der Waals surface area contributed by atoms with Crippen LogP contribution in [0.15, 0.2) is 53.7 Å². The molecule has 0 fully saturated rings. The number of nitrogens with zero attached hydrogens (tertiary/aromatic N) is 2. The summed E-state index contributed by atoms with van der Waals surface area (Å²) in [5.41, 5.74) is -1.54. The fourth-order valence-corrected chi connectivity index (χ4v) is 3.39. The van der Waals surface area contributed by atoms with Crippen LogP contribution in [0, 0.1) is 0 Å². The molecular formula is C15H9ClF3N3O3S. The van der Waals surface area contributed by atoms with E-state index in [2.05, 4.69) is 4.98 Å². The molecule has 11 heteroatoms. The number of carbonyl (C=O) groups excluding carboxylic acids is 1. The molecule has 0 aliphatic rings. The third kappa shape index (κ3) is 3.51. The first-order valence-electron chi connectivity index (χ1n) is 6.95. The van der Waals surface area contributed by atoms with Crippen LogP contribution in [0.25, 0.3) is 5.65 Å². The summed E-state index contributed by atoms with van der Waals surface area (Å²) in [6.07, 6.45) is -2.97. The van der Waals surface area contributed by atoms with Crippen molar-refractivity contribution in [2.45, 2.75) is 11.1 Å². The van der Waals surface area contributed by atoms with Gasteiger partial charge in [-0.3, -0.25) is 4.79 Å². The minimum Gasteiger partial charge on any atom is -0.304 e. The standard InChI is InChI=1S/C15H9ClF3N3O3S/c16-11-6-9(15(17,18)19)7-22-8-12(20-13(11)22)14(23)21-26(24,25)10-4-2-1-3-5-10/h1-8H,(H,21,23). The second-order valence-electron chi connectivity index (χ2n) is 5.18. The number of carbonyl (C=O) groups is 1. The normalized spacial score (nSPS) is 12.3. The zero-order valence-corrected chi connectivity index (χ0v) is 14.2. The van der Waals surface area contributed by atoms with E-state index in [0.717, 1.165) is 10.6 Å². The molecule has 0 spiro atoms. The van der Waals surface area contributed by atoms with E-state index in [9.17, 15) is 26.4 Å². The molecule has 0 unspecified atom stereocenters. The van der Waals surface area contributed by atoms with E-state index in [-0.39, 0.29) is 15.6 Å². The number of aromatic nitrogens is 2. The van der Waals surface area contributed by atoms with Crippen LogP contribution in [0.3, 0.4) is 0 Å². The van der Waals surface area contributed by atoms with Crippen molar-refractivity contribution < 1.29 is 26.4 Å². The molecule has 0 aliphatic carbocycles. The predicted octanol–water partition coefficient (Wildman–Crippen LogP) is 3.13. The molecule has 0 atom stereocenters. The first-order valence-corrected chi connectivity index (χ1v) is 8.82. The smallest absolute Gasteiger partial charge is 0.304 e. The quantitative estimate of drug-likeness (QED) is 0.728. The first-order chi connectivity index (χ1) is 12.1. The number of amides is 1. The average molecular weight is 404 g/mol. The van der Waals surface area contributed by atoms with Gasteiger partial charge in [-0.15, -0.1) is 0 Å². The van der Waals surface area contributed by atoms with Gasteiger partial charge in [0.2, 0.25) is 0 Å². The maximum atomic E-state index is 12.8. The van der Waals surface area contributed by atoms with Crippen molar-refractivity contribution in [3.63, 3.8) is 0 Å². The summed E-state index contributed by atoms with van der Waals surface area (Å²) < 4.78 is 65.5. The lowest BCUT2D eigenvalue weighted by Crippen LogP contribution is -2.30. The van der Waals surface area contributed by atoms with Crippen molar-refractivity contribution in [3.8, 4) is 0 Å². The lowest BCUT2D eigenvalue weighted by molar-refractivity contribution is -0.137. The summed E-state index contributed by atoms with van der Waals surface area (Å²) in [5, 5.41) is -0.329. The number of rotatable bonds is 3. The Morgan fingerprint density at radius 1 is 1.15 bits per heavy atom. The van der Waals surface area contributed by atoms with Gasteiger partial charge in [-0.25, -0.2) is 18.1 Å². The van der Waals surface area contributed by atoms with E-state index in [0.29, 0.717) is 12.3 Å². The molecule has 1 N–H and O–H groups in total. The van der Waals surface area contributed by atoms with Crippen LogP contribution >= 0.6 is 11.6 Å². The zero-order valence-electron chi connectivity index (χ0n) is 12.7. The first kappa shape index (κ1) is 18.2. The van der Waals surface area contributed by atoms with Crippen LogP contribution in [0.2, 0.25) is 5.02 Å². The second kappa shape index (κ2) is 6.29. The number of sulfonamides is 1. The van der Waals surface area contributed by atoms with Gasteiger partial charge in [-0.1, -0.05) is 29.8 Å². The van der Waals surface area contributed by atoms with Crippen molar-refractivity contribution in [1.29, 1.82) is 0 Å². The highest BCUT2D eigenvalue weighted by atomic mass is 35.5. The van der Waals surface area contributed by atoms with Crippen LogP contribution in [0.5, 0.6) is 0 Å². The molecule has 0 aliphatic heterocycles. The Kier molecular flexibility index (Phi) is 4.41. The molecule has 3 rings (SSSR count). The topological polar surface area (TPSA) is 80.5 Å². The van der Waals surface area contributed by atoms with Gasteiger partial charge in [0.05, 0.1) is 15.5 Å². The maximum absolute atomic E-state index is 12.8. The molecule has 2 aromatic heterocycles. The molecule has 0 saturated carbocycles. The average Bonchev–Trinajstić information content (AvgIpc) is 2.99. The van der Waals surface area contributed by atoms with Gasteiger partial charge >= 0.3 is 6.18 Å². The van der Waals surface area contributed by atoms with Crippen molar-refractivity contribution in [2.24, 2.45) is 0 Å². The number of hydrogen-bond donors (Lipinski definition) is 1. The predicted molar refractivity (Wildman–Crippen MR) is 86.3 cm³/mol. The minimum atomic E-state index is -4.64. The van der Waals surface area contributed by atoms with E-state index in [1.165, 1.54) is 24.3 Å². The van der Waals surface area contributed by atoms with Gasteiger partial charge in [-0.2, -0.15) is 13.2 Å². The third-order valence-electron chi connectivity index (χ3n) is 3.35. The molecule has 1 aromatic carbocycles. The van der Waals surface area contributed by atoms with Crippen molar-refractivity contribution >= 4 is 33.2 Å². The number of imidazole rings is 1. The van der Waals surface area contributed by atoms with E-state index >= 15 is 0 Å². The number of nitrogens with one attached hydrogen (secondary N) is 1. The molecule has 1 amide bonds. The van der Waals surface area contributed by atoms with E-state index in [4.69, 9.17) is 11.6 Å². The molecule has 0 saturated heterocycles. The maximum Gasteiger partial charge on any atom is 0.417 e. The Bertz CT molecular complexity index is 1100. The summed E-state index contributed by atoms with van der Waals surface area (Å²) in [6, 6.07) is 7.79. The lowest BCUT2D eigenvalue weighted by atomic mass is 10.3. The minimum absolute atomic E-state index is 0.109. The summed E-state index contributed by atoms with van der Waals surface area (Å²) >= 11 is 5.78. The number of benzene rings is 1. The van der Waals surface area contributed by atoms with Gasteiger partial charge in [0.15, 0.2) is 5.65 Å². The summed E-state index contributed by atoms with van der Waals surface area (Å²) in [6.45, 7) is 0. The Morgan fingerprint density at radius 3 is 2.42 bits per heavy atom. The van der Waals surface area contributed by atoms with Crippen molar-refractivity contribution in [3.05, 3.63) is 65.1 Å². The van der Waals surface area contributed by atoms with Crippen LogP contribution in [-0.4, -0.2) is 23.7 Å². The fourth-order valence-electron chi connectivity index (χ4n) is 2.15. The van der Waals surface area contributed by atoms with Gasteiger partial charge < -0.3 is 4.40 Å². The SMILES string of the molecule is O=C(NS(=O)(=O)c1ccccc1)c1cn2cc(C(F)(F)F)cc(Cl)c2n1. The molecule has 2 heterocycles. The van der Waals surface area contributed by atoms with Crippen LogP contribution in [0.1, 0.15) is 16.1 Å². The van der Waals surface area contributed by atoms with Gasteiger partial charge in [-0.05, 0) is 18.2 Å². The van der Waals surface area contributed by atoms with E-state index in [1.54, 1.807) is 10.8 Å². The number of alkyl halides is 3. The van der Waals surface area contributed by atoms with Crippen LogP contribution < -0.4 is 4.72 Å². The Labute approximate surface area is 150 Å². The zero-order chi connectivity index (χ0) is 19.1. The molecule has 3 aromatic rings. The van der Waals surface area contributed by atoms with Gasteiger partial charge in [0, 0.05) is 12.4 Å². The Morgan fingerprint density at radius 2 is 1.81 bits per heavy atom. The highest BCUT2D eigenvalue weighted by molar-refractivity contribution is 7.90. The van der Waals surface area contributed by atoms with Crippen molar-refractivity contribution in [1.82, 2.24) is 14.1 Å².